The van der Waals surface area contributed by atoms with E-state index in [1.54, 1.807) is 0 Å². The molecule has 73 valence electrons. The Kier molecular flexibility index (Phi) is 6.34. The molecule has 0 aromatic heterocycles. The monoisotopic (exact) mass is 347 g/mol. The van der Waals surface area contributed by atoms with Gasteiger partial charge in [0.1, 0.15) is 0 Å². The zero-order valence-electron chi connectivity index (χ0n) is 7.50. The van der Waals surface area contributed by atoms with Crippen LogP contribution in [0.15, 0.2) is 0 Å². The Bertz CT molecular complexity index is 121. The molecule has 0 saturated carbocycles. The molecule has 1 fully saturated rings. The summed E-state index contributed by atoms with van der Waals surface area (Å²) in [5.41, 5.74) is 0. The standard InChI is InChI=1S/C8H16O3.Re/c1-3-10-8-4-7(5-9)11-6(8)2;/h6-9H,3-5H2,1-2H3;. The van der Waals surface area contributed by atoms with Crippen molar-refractivity contribution >= 4 is 0 Å². The van der Waals surface area contributed by atoms with Crippen molar-refractivity contribution in [2.45, 2.75) is 38.6 Å². The van der Waals surface area contributed by atoms with Crippen LogP contribution in [0, 0.1) is 0 Å². The van der Waals surface area contributed by atoms with E-state index in [0.29, 0.717) is 0 Å². The average Bonchev–Trinajstić information content (AvgIpc) is 2.33. The van der Waals surface area contributed by atoms with Crippen LogP contribution in [-0.4, -0.2) is 36.6 Å². The third-order valence-electron chi connectivity index (χ3n) is 2.01. The molecule has 0 aromatic rings. The fraction of sp³-hybridized carbons (Fsp3) is 1.00. The summed E-state index contributed by atoms with van der Waals surface area (Å²) in [6.45, 7) is 4.78. The van der Waals surface area contributed by atoms with E-state index in [4.69, 9.17) is 14.6 Å². The third kappa shape index (κ3) is 3.12. The fourth-order valence-electron chi connectivity index (χ4n) is 1.43. The van der Waals surface area contributed by atoms with Gasteiger partial charge < -0.3 is 14.6 Å². The van der Waals surface area contributed by atoms with Gasteiger partial charge in [-0.05, 0) is 13.8 Å². The van der Waals surface area contributed by atoms with Crippen LogP contribution in [0.2, 0.25) is 0 Å². The zero-order valence-corrected chi connectivity index (χ0v) is 10.2. The number of rotatable bonds is 3. The molecule has 1 radical (unpaired) electrons. The smallest absolute Gasteiger partial charge is 0.0859 e. The topological polar surface area (TPSA) is 38.7 Å². The molecule has 3 atom stereocenters. The Labute approximate surface area is 87.1 Å². The Hall–Kier alpha value is 0.542. The first-order valence-corrected chi connectivity index (χ1v) is 4.15. The van der Waals surface area contributed by atoms with Crippen molar-refractivity contribution in [3.05, 3.63) is 0 Å². The second-order valence-electron chi connectivity index (χ2n) is 2.88. The van der Waals surface area contributed by atoms with E-state index >= 15 is 0 Å². The summed E-state index contributed by atoms with van der Waals surface area (Å²) < 4.78 is 10.8. The molecule has 3 unspecified atom stereocenters. The first-order valence-electron chi connectivity index (χ1n) is 4.15. The van der Waals surface area contributed by atoms with Crippen molar-refractivity contribution in [3.63, 3.8) is 0 Å². The molecule has 3 nitrogen and oxygen atoms in total. The van der Waals surface area contributed by atoms with Gasteiger partial charge in [-0.15, -0.1) is 0 Å². The predicted octanol–water partition coefficient (Wildman–Crippen LogP) is 0.559. The molecule has 0 aliphatic carbocycles. The number of ether oxygens (including phenoxy) is 2. The maximum absolute atomic E-state index is 8.79. The summed E-state index contributed by atoms with van der Waals surface area (Å²) in [5.74, 6) is 0. The van der Waals surface area contributed by atoms with Crippen molar-refractivity contribution in [1.29, 1.82) is 0 Å². The molecule has 0 aromatic carbocycles. The van der Waals surface area contributed by atoms with Crippen LogP contribution in [0.1, 0.15) is 20.3 Å². The Balaban J connectivity index is 0.00000121. The van der Waals surface area contributed by atoms with E-state index < -0.39 is 0 Å². The number of aliphatic hydroxyl groups is 1. The minimum Gasteiger partial charge on any atom is -0.394 e. The van der Waals surface area contributed by atoms with Gasteiger partial charge in [-0.3, -0.25) is 0 Å². The summed E-state index contributed by atoms with van der Waals surface area (Å²) in [4.78, 5) is 0. The Morgan fingerprint density at radius 1 is 1.58 bits per heavy atom. The van der Waals surface area contributed by atoms with Crippen molar-refractivity contribution < 1.29 is 35.0 Å². The number of hydrogen-bond acceptors (Lipinski definition) is 3. The molecule has 1 rings (SSSR count). The summed E-state index contributed by atoms with van der Waals surface area (Å²) in [7, 11) is 0. The molecule has 0 bridgehead atoms. The molecule has 1 heterocycles. The predicted molar refractivity (Wildman–Crippen MR) is 41.5 cm³/mol. The summed E-state index contributed by atoms with van der Waals surface area (Å²) in [6, 6.07) is 0. The minimum absolute atomic E-state index is 0. The van der Waals surface area contributed by atoms with Gasteiger partial charge in [-0.1, -0.05) is 0 Å². The molecule has 4 heteroatoms. The summed E-state index contributed by atoms with van der Waals surface area (Å²) in [5, 5.41) is 8.79. The minimum atomic E-state index is -0.0125. The molecule has 0 spiro atoms. The van der Waals surface area contributed by atoms with Crippen LogP contribution >= 0.6 is 0 Å². The van der Waals surface area contributed by atoms with Crippen LogP contribution in [0.4, 0.5) is 0 Å². The van der Waals surface area contributed by atoms with Crippen LogP contribution in [0.5, 0.6) is 0 Å². The second kappa shape index (κ2) is 6.07. The number of aliphatic hydroxyl groups excluding tert-OH is 1. The van der Waals surface area contributed by atoms with Gasteiger partial charge >= 0.3 is 0 Å². The van der Waals surface area contributed by atoms with E-state index in [1.807, 2.05) is 13.8 Å². The van der Waals surface area contributed by atoms with Crippen molar-refractivity contribution in [3.8, 4) is 0 Å². The third-order valence-corrected chi connectivity index (χ3v) is 2.01. The Morgan fingerprint density at radius 2 is 2.25 bits per heavy atom. The van der Waals surface area contributed by atoms with E-state index in [0.717, 1.165) is 13.0 Å². The van der Waals surface area contributed by atoms with E-state index in [-0.39, 0.29) is 45.3 Å². The van der Waals surface area contributed by atoms with Crippen molar-refractivity contribution in [2.24, 2.45) is 0 Å². The Morgan fingerprint density at radius 3 is 2.67 bits per heavy atom. The molecule has 0 amide bonds. The molecule has 1 N–H and O–H groups in total. The fourth-order valence-corrected chi connectivity index (χ4v) is 1.43. The largest absolute Gasteiger partial charge is 0.394 e. The van der Waals surface area contributed by atoms with Crippen LogP contribution in [-0.2, 0) is 29.9 Å². The molecule has 12 heavy (non-hydrogen) atoms. The first-order chi connectivity index (χ1) is 5.27. The summed E-state index contributed by atoms with van der Waals surface area (Å²) in [6.07, 6.45) is 1.12. The van der Waals surface area contributed by atoms with Gasteiger partial charge in [0, 0.05) is 33.5 Å². The van der Waals surface area contributed by atoms with E-state index in [2.05, 4.69) is 0 Å². The molecular formula is C8H16O3Re. The van der Waals surface area contributed by atoms with Gasteiger partial charge in [-0.25, -0.2) is 0 Å². The maximum atomic E-state index is 8.79. The molecule has 1 aliphatic heterocycles. The van der Waals surface area contributed by atoms with E-state index in [9.17, 15) is 0 Å². The van der Waals surface area contributed by atoms with Gasteiger partial charge in [0.2, 0.25) is 0 Å². The van der Waals surface area contributed by atoms with Gasteiger partial charge in [-0.2, -0.15) is 0 Å². The molecule has 1 saturated heterocycles. The van der Waals surface area contributed by atoms with Crippen LogP contribution in [0.25, 0.3) is 0 Å². The van der Waals surface area contributed by atoms with Crippen LogP contribution in [0.3, 0.4) is 0 Å². The SMILES string of the molecule is CCOC1CC(CO)OC1C.[Re]. The first kappa shape index (κ1) is 12.5. The molecule has 1 aliphatic rings. The van der Waals surface area contributed by atoms with Crippen molar-refractivity contribution in [2.75, 3.05) is 13.2 Å². The van der Waals surface area contributed by atoms with Gasteiger partial charge in [0.25, 0.3) is 0 Å². The zero-order chi connectivity index (χ0) is 8.27. The van der Waals surface area contributed by atoms with Gasteiger partial charge in [0.05, 0.1) is 24.9 Å². The second-order valence-corrected chi connectivity index (χ2v) is 2.88. The number of hydrogen-bond donors (Lipinski definition) is 1. The quantitative estimate of drug-likeness (QED) is 0.812. The maximum Gasteiger partial charge on any atom is 0.0859 e. The van der Waals surface area contributed by atoms with Crippen molar-refractivity contribution in [1.82, 2.24) is 0 Å². The van der Waals surface area contributed by atoms with Gasteiger partial charge in [0.15, 0.2) is 0 Å². The van der Waals surface area contributed by atoms with E-state index in [1.165, 1.54) is 0 Å². The summed E-state index contributed by atoms with van der Waals surface area (Å²) >= 11 is 0. The van der Waals surface area contributed by atoms with Crippen LogP contribution < -0.4 is 0 Å². The normalized spacial score (nSPS) is 34.8. The molecular weight excluding hydrogens is 330 g/mol. The average molecular weight is 346 g/mol.